The normalized spacial score (nSPS) is 11.6. The Labute approximate surface area is 128 Å². The molecule has 120 valence electrons. The Hall–Kier alpha value is -2.35. The molecule has 0 amide bonds. The molecule has 2 aromatic rings. The van der Waals surface area contributed by atoms with E-state index in [1.165, 1.54) is 0 Å². The summed E-state index contributed by atoms with van der Waals surface area (Å²) in [5, 5.41) is 10.1. The van der Waals surface area contributed by atoms with Crippen molar-refractivity contribution in [1.82, 2.24) is 20.8 Å². The van der Waals surface area contributed by atoms with Gasteiger partial charge in [0.05, 0.1) is 12.8 Å². The summed E-state index contributed by atoms with van der Waals surface area (Å²) in [5.74, 6) is 2.67. The molecule has 0 aliphatic rings. The lowest BCUT2D eigenvalue weighted by Crippen LogP contribution is -2.37. The zero-order valence-corrected chi connectivity index (χ0v) is 12.8. The summed E-state index contributed by atoms with van der Waals surface area (Å²) in [6, 6.07) is 3.74. The Morgan fingerprint density at radius 1 is 1.41 bits per heavy atom. The van der Waals surface area contributed by atoms with E-state index >= 15 is 0 Å². The topological polar surface area (TPSA) is 97.7 Å². The third-order valence-electron chi connectivity index (χ3n) is 2.79. The second-order valence-corrected chi connectivity index (χ2v) is 4.57. The molecule has 22 heavy (non-hydrogen) atoms. The molecule has 2 rings (SSSR count). The van der Waals surface area contributed by atoms with Crippen LogP contribution in [-0.4, -0.2) is 36.3 Å². The lowest BCUT2D eigenvalue weighted by atomic mass is 10.4. The number of aryl methyl sites for hydroxylation is 1. The molecular formula is C14H21N5O3. The van der Waals surface area contributed by atoms with E-state index in [1.54, 1.807) is 20.2 Å². The van der Waals surface area contributed by atoms with Gasteiger partial charge in [0, 0.05) is 27.1 Å². The van der Waals surface area contributed by atoms with Crippen LogP contribution in [0.5, 0.6) is 0 Å². The number of nitrogens with zero attached hydrogens (tertiary/aromatic N) is 3. The number of hydrogen-bond acceptors (Lipinski definition) is 6. The minimum absolute atomic E-state index is 0.464. The van der Waals surface area contributed by atoms with Crippen LogP contribution < -0.4 is 10.6 Å². The smallest absolute Gasteiger partial charge is 0.223 e. The van der Waals surface area contributed by atoms with Crippen LogP contribution in [-0.2, 0) is 17.9 Å². The van der Waals surface area contributed by atoms with E-state index in [-0.39, 0.29) is 0 Å². The van der Waals surface area contributed by atoms with Crippen molar-refractivity contribution in [2.75, 3.05) is 20.2 Å². The largest absolute Gasteiger partial charge is 0.467 e. The van der Waals surface area contributed by atoms with Gasteiger partial charge in [0.1, 0.15) is 12.4 Å². The second kappa shape index (κ2) is 8.83. The number of aliphatic imine (C=N–C) groups is 1. The molecule has 0 saturated carbocycles. The second-order valence-electron chi connectivity index (χ2n) is 4.57. The zero-order valence-electron chi connectivity index (χ0n) is 12.8. The Kier molecular flexibility index (Phi) is 6.43. The van der Waals surface area contributed by atoms with Gasteiger partial charge in [-0.25, -0.2) is 0 Å². The maximum absolute atomic E-state index is 5.50. The fourth-order valence-corrected chi connectivity index (χ4v) is 1.74. The number of guanidine groups is 1. The fourth-order valence-electron chi connectivity index (χ4n) is 1.74. The summed E-state index contributed by atoms with van der Waals surface area (Å²) in [4.78, 5) is 8.23. The Bertz CT molecular complexity index is 565. The van der Waals surface area contributed by atoms with Gasteiger partial charge in [0.2, 0.25) is 5.89 Å². The molecule has 0 bridgehead atoms. The van der Waals surface area contributed by atoms with E-state index in [4.69, 9.17) is 13.7 Å². The third kappa shape index (κ3) is 5.57. The van der Waals surface area contributed by atoms with Crippen LogP contribution in [0.25, 0.3) is 0 Å². The number of rotatable bonds is 8. The van der Waals surface area contributed by atoms with E-state index in [9.17, 15) is 0 Å². The highest BCUT2D eigenvalue weighted by Crippen LogP contribution is 2.01. The van der Waals surface area contributed by atoms with Gasteiger partial charge < -0.3 is 24.3 Å². The van der Waals surface area contributed by atoms with Crippen molar-refractivity contribution < 1.29 is 13.7 Å². The van der Waals surface area contributed by atoms with Gasteiger partial charge in [-0.1, -0.05) is 5.16 Å². The van der Waals surface area contributed by atoms with Crippen LogP contribution in [0.15, 0.2) is 32.3 Å². The Morgan fingerprint density at radius 2 is 2.32 bits per heavy atom. The molecule has 0 radical (unpaired) electrons. The monoisotopic (exact) mass is 307 g/mol. The summed E-state index contributed by atoms with van der Waals surface area (Å²) in [5.41, 5.74) is 0. The number of aromatic nitrogens is 2. The number of furan rings is 1. The molecule has 0 atom stereocenters. The van der Waals surface area contributed by atoms with Crippen LogP contribution >= 0.6 is 0 Å². The van der Waals surface area contributed by atoms with Crippen molar-refractivity contribution in [2.24, 2.45) is 4.99 Å². The lowest BCUT2D eigenvalue weighted by Gasteiger charge is -2.10. The first kappa shape index (κ1) is 16.0. The minimum Gasteiger partial charge on any atom is -0.467 e. The Balaban J connectivity index is 1.54. The summed E-state index contributed by atoms with van der Waals surface area (Å²) in [6.45, 7) is 4.12. The maximum Gasteiger partial charge on any atom is 0.223 e. The van der Waals surface area contributed by atoms with Crippen LogP contribution in [0.1, 0.15) is 23.9 Å². The highest BCUT2D eigenvalue weighted by molar-refractivity contribution is 5.79. The molecule has 8 nitrogen and oxygen atoms in total. The quantitative estimate of drug-likeness (QED) is 0.430. The molecule has 0 aliphatic heterocycles. The first-order valence-corrected chi connectivity index (χ1v) is 7.12. The molecule has 0 aliphatic carbocycles. The SMILES string of the molecule is CN=C(NCCCOCc1ccco1)NCc1noc(C)n1. The molecule has 2 aromatic heterocycles. The molecule has 2 heterocycles. The highest BCUT2D eigenvalue weighted by Gasteiger charge is 2.03. The molecular weight excluding hydrogens is 286 g/mol. The predicted molar refractivity (Wildman–Crippen MR) is 80.2 cm³/mol. The summed E-state index contributed by atoms with van der Waals surface area (Å²) in [6.07, 6.45) is 2.50. The number of nitrogens with one attached hydrogen (secondary N) is 2. The van der Waals surface area contributed by atoms with Gasteiger partial charge in [-0.3, -0.25) is 4.99 Å². The molecule has 0 spiro atoms. The third-order valence-corrected chi connectivity index (χ3v) is 2.79. The van der Waals surface area contributed by atoms with Gasteiger partial charge in [0.25, 0.3) is 0 Å². The van der Waals surface area contributed by atoms with Crippen LogP contribution in [0, 0.1) is 6.92 Å². The van der Waals surface area contributed by atoms with E-state index in [2.05, 4.69) is 25.8 Å². The van der Waals surface area contributed by atoms with Crippen molar-refractivity contribution in [3.05, 3.63) is 35.9 Å². The van der Waals surface area contributed by atoms with Crippen LogP contribution in [0.2, 0.25) is 0 Å². The molecule has 8 heteroatoms. The Morgan fingerprint density at radius 3 is 3.00 bits per heavy atom. The molecule has 0 unspecified atom stereocenters. The molecule has 0 saturated heterocycles. The molecule has 0 fully saturated rings. The lowest BCUT2D eigenvalue weighted by molar-refractivity contribution is 0.105. The van der Waals surface area contributed by atoms with Crippen molar-refractivity contribution in [3.63, 3.8) is 0 Å². The van der Waals surface area contributed by atoms with E-state index in [1.807, 2.05) is 12.1 Å². The van der Waals surface area contributed by atoms with E-state index in [0.29, 0.717) is 37.4 Å². The van der Waals surface area contributed by atoms with Crippen molar-refractivity contribution in [3.8, 4) is 0 Å². The molecule has 2 N–H and O–H groups in total. The average Bonchev–Trinajstić information content (AvgIpc) is 3.17. The van der Waals surface area contributed by atoms with Crippen molar-refractivity contribution in [1.29, 1.82) is 0 Å². The summed E-state index contributed by atoms with van der Waals surface area (Å²) in [7, 11) is 1.71. The van der Waals surface area contributed by atoms with Gasteiger partial charge in [0.15, 0.2) is 11.8 Å². The number of hydrogen-bond donors (Lipinski definition) is 2. The maximum atomic E-state index is 5.50. The van der Waals surface area contributed by atoms with Crippen LogP contribution in [0.3, 0.4) is 0 Å². The average molecular weight is 307 g/mol. The van der Waals surface area contributed by atoms with E-state index in [0.717, 1.165) is 18.7 Å². The van der Waals surface area contributed by atoms with Gasteiger partial charge in [-0.2, -0.15) is 4.98 Å². The van der Waals surface area contributed by atoms with Gasteiger partial charge in [-0.05, 0) is 18.6 Å². The summed E-state index contributed by atoms with van der Waals surface area (Å²) < 4.78 is 15.6. The number of ether oxygens (including phenoxy) is 1. The van der Waals surface area contributed by atoms with Gasteiger partial charge in [-0.15, -0.1) is 0 Å². The van der Waals surface area contributed by atoms with Crippen LogP contribution in [0.4, 0.5) is 0 Å². The standard InChI is InChI=1S/C14H21N5O3/c1-11-18-13(19-22-11)9-17-14(15-2)16-6-4-7-20-10-12-5-3-8-21-12/h3,5,8H,4,6-7,9-10H2,1-2H3,(H2,15,16,17). The fraction of sp³-hybridized carbons (Fsp3) is 0.500. The first-order chi connectivity index (χ1) is 10.8. The first-order valence-electron chi connectivity index (χ1n) is 7.12. The minimum atomic E-state index is 0.464. The summed E-state index contributed by atoms with van der Waals surface area (Å²) >= 11 is 0. The van der Waals surface area contributed by atoms with Gasteiger partial charge >= 0.3 is 0 Å². The predicted octanol–water partition coefficient (Wildman–Crippen LogP) is 1.24. The molecule has 0 aromatic carbocycles. The van der Waals surface area contributed by atoms with Crippen molar-refractivity contribution in [2.45, 2.75) is 26.5 Å². The highest BCUT2D eigenvalue weighted by atomic mass is 16.5. The van der Waals surface area contributed by atoms with E-state index < -0.39 is 0 Å². The van der Waals surface area contributed by atoms with Crippen molar-refractivity contribution >= 4 is 5.96 Å². The zero-order chi connectivity index (χ0) is 15.6.